The van der Waals surface area contributed by atoms with E-state index < -0.39 is 0 Å². The number of phenolic OH excluding ortho intramolecular Hbond substituents is 1. The SMILES string of the molecule is CC(C)(C)c1cc(-c2cc(-c3ccccc3)ccn2)cc(-c2nccc3c2nc(-c2cc(C(C)(C)C)cc(C(C)(C)C)c2O)n3Cc2c(-c3ccccc3)cccc2-c2ccccc2)c1. The van der Waals surface area contributed by atoms with Gasteiger partial charge in [-0.25, -0.2) is 4.98 Å². The number of pyridine rings is 2. The Kier molecular flexibility index (Phi) is 11.1. The third-order valence-electron chi connectivity index (χ3n) is 12.6. The molecule has 0 fully saturated rings. The van der Waals surface area contributed by atoms with E-state index in [0.29, 0.717) is 17.9 Å². The summed E-state index contributed by atoms with van der Waals surface area (Å²) in [6.07, 6.45) is 3.81. The number of fused-ring (bicyclic) bond motifs is 1. The first-order chi connectivity index (χ1) is 31.0. The minimum Gasteiger partial charge on any atom is -0.507 e. The molecule has 0 unspecified atom stereocenters. The quantitative estimate of drug-likeness (QED) is 0.165. The van der Waals surface area contributed by atoms with E-state index in [1.165, 1.54) is 5.56 Å². The third kappa shape index (κ3) is 8.63. The summed E-state index contributed by atoms with van der Waals surface area (Å²) < 4.78 is 2.31. The zero-order valence-electron chi connectivity index (χ0n) is 39.1. The Bertz CT molecular complexity index is 3110. The highest BCUT2D eigenvalue weighted by Gasteiger charge is 2.29. The lowest BCUT2D eigenvalue weighted by Gasteiger charge is -2.27. The summed E-state index contributed by atoms with van der Waals surface area (Å²) in [5.74, 6) is 0.937. The van der Waals surface area contributed by atoms with Crippen LogP contribution in [0.2, 0.25) is 0 Å². The van der Waals surface area contributed by atoms with Crippen molar-refractivity contribution in [3.05, 3.63) is 192 Å². The van der Waals surface area contributed by atoms with Crippen LogP contribution in [-0.4, -0.2) is 24.6 Å². The standard InChI is InChI=1S/C60H58N4O/c1-58(2,3)45-33-43(52-35-42(28-30-61-52)39-20-13-10-14-21-39)32-44(34-45)54-55-53(29-31-62-54)64(57(63-55)49-36-46(59(4,5)6)37-51(56(49)65)60(7,8)9)38-50-47(40-22-15-11-16-23-40)26-19-27-48(50)41-24-17-12-18-25-41/h10-37,65H,38H2,1-9H3. The highest BCUT2D eigenvalue weighted by atomic mass is 16.3. The van der Waals surface area contributed by atoms with Crippen LogP contribution in [0.1, 0.15) is 84.6 Å². The summed E-state index contributed by atoms with van der Waals surface area (Å²) in [6, 6.07) is 55.7. The number of phenols is 1. The van der Waals surface area contributed by atoms with Gasteiger partial charge in [0.05, 0.1) is 29.0 Å². The van der Waals surface area contributed by atoms with Gasteiger partial charge in [0.25, 0.3) is 0 Å². The first-order valence-electron chi connectivity index (χ1n) is 22.7. The minimum absolute atomic E-state index is 0.169. The summed E-state index contributed by atoms with van der Waals surface area (Å²) in [7, 11) is 0. The molecule has 65 heavy (non-hydrogen) atoms. The van der Waals surface area contributed by atoms with Gasteiger partial charge < -0.3 is 9.67 Å². The van der Waals surface area contributed by atoms with Crippen LogP contribution < -0.4 is 0 Å². The molecule has 3 heterocycles. The van der Waals surface area contributed by atoms with Gasteiger partial charge in [0.2, 0.25) is 0 Å². The number of benzene rings is 6. The highest BCUT2D eigenvalue weighted by Crippen LogP contribution is 2.45. The van der Waals surface area contributed by atoms with Gasteiger partial charge in [-0.3, -0.25) is 9.97 Å². The zero-order chi connectivity index (χ0) is 45.7. The number of hydrogen-bond acceptors (Lipinski definition) is 4. The minimum atomic E-state index is -0.334. The van der Waals surface area contributed by atoms with E-state index >= 15 is 0 Å². The summed E-state index contributed by atoms with van der Waals surface area (Å²) in [5.41, 5.74) is 16.5. The van der Waals surface area contributed by atoms with Crippen molar-refractivity contribution in [2.24, 2.45) is 0 Å². The number of imidazole rings is 1. The van der Waals surface area contributed by atoms with E-state index in [1.807, 2.05) is 18.5 Å². The molecule has 0 aliphatic carbocycles. The lowest BCUT2D eigenvalue weighted by molar-refractivity contribution is 0.446. The van der Waals surface area contributed by atoms with Gasteiger partial charge in [-0.05, 0) is 109 Å². The molecule has 0 saturated heterocycles. The van der Waals surface area contributed by atoms with Crippen LogP contribution >= 0.6 is 0 Å². The second-order valence-electron chi connectivity index (χ2n) is 20.4. The van der Waals surface area contributed by atoms with Gasteiger partial charge in [-0.15, -0.1) is 0 Å². The first-order valence-corrected chi connectivity index (χ1v) is 22.7. The highest BCUT2D eigenvalue weighted by molar-refractivity contribution is 5.94. The third-order valence-corrected chi connectivity index (χ3v) is 12.6. The van der Waals surface area contributed by atoms with Gasteiger partial charge in [0.15, 0.2) is 0 Å². The fraction of sp³-hybridized carbons (Fsp3) is 0.217. The molecule has 324 valence electrons. The molecule has 0 atom stereocenters. The van der Waals surface area contributed by atoms with E-state index in [4.69, 9.17) is 15.0 Å². The second-order valence-corrected chi connectivity index (χ2v) is 20.4. The maximum Gasteiger partial charge on any atom is 0.145 e. The van der Waals surface area contributed by atoms with E-state index in [1.54, 1.807) is 0 Å². The number of rotatable bonds is 8. The molecular weight excluding hydrogens is 793 g/mol. The molecular formula is C60H58N4O. The first kappa shape index (κ1) is 43.2. The number of nitrogens with zero attached hydrogens (tertiary/aromatic N) is 4. The van der Waals surface area contributed by atoms with Crippen molar-refractivity contribution in [1.29, 1.82) is 0 Å². The molecule has 0 bridgehead atoms. The van der Waals surface area contributed by atoms with Crippen molar-refractivity contribution in [3.63, 3.8) is 0 Å². The van der Waals surface area contributed by atoms with Crippen molar-refractivity contribution in [2.75, 3.05) is 0 Å². The molecule has 0 aliphatic rings. The fourth-order valence-corrected chi connectivity index (χ4v) is 8.87. The van der Waals surface area contributed by atoms with E-state index in [2.05, 4.69) is 219 Å². The predicted molar refractivity (Wildman–Crippen MR) is 271 cm³/mol. The summed E-state index contributed by atoms with van der Waals surface area (Å²) in [6.45, 7) is 20.4. The largest absolute Gasteiger partial charge is 0.507 e. The van der Waals surface area contributed by atoms with E-state index in [9.17, 15) is 5.11 Å². The lowest BCUT2D eigenvalue weighted by atomic mass is 9.79. The van der Waals surface area contributed by atoms with Gasteiger partial charge in [0.1, 0.15) is 17.1 Å². The molecule has 6 aromatic carbocycles. The summed E-state index contributed by atoms with van der Waals surface area (Å²) >= 11 is 0. The van der Waals surface area contributed by atoms with Crippen molar-refractivity contribution in [1.82, 2.24) is 19.5 Å². The Hall–Kier alpha value is -7.11. The topological polar surface area (TPSA) is 63.8 Å². The molecule has 1 N–H and O–H groups in total. The maximum atomic E-state index is 12.6. The number of hydrogen-bond donors (Lipinski definition) is 1. The maximum absolute atomic E-state index is 12.6. The van der Waals surface area contributed by atoms with Crippen LogP contribution in [-0.2, 0) is 22.8 Å². The Labute approximate surface area is 384 Å². The normalized spacial score (nSPS) is 12.2. The van der Waals surface area contributed by atoms with E-state index in [0.717, 1.165) is 83.6 Å². The Morgan fingerprint density at radius 1 is 0.462 bits per heavy atom. The van der Waals surface area contributed by atoms with Crippen LogP contribution in [0.3, 0.4) is 0 Å². The lowest BCUT2D eigenvalue weighted by Crippen LogP contribution is -2.17. The van der Waals surface area contributed by atoms with Crippen molar-refractivity contribution in [3.8, 4) is 73.0 Å². The van der Waals surface area contributed by atoms with Crippen LogP contribution in [0.5, 0.6) is 5.75 Å². The van der Waals surface area contributed by atoms with Crippen LogP contribution in [0.15, 0.2) is 170 Å². The van der Waals surface area contributed by atoms with E-state index in [-0.39, 0.29) is 22.0 Å². The van der Waals surface area contributed by atoms with Crippen molar-refractivity contribution < 1.29 is 5.11 Å². The van der Waals surface area contributed by atoms with Crippen molar-refractivity contribution >= 4 is 11.0 Å². The zero-order valence-corrected chi connectivity index (χ0v) is 39.1. The van der Waals surface area contributed by atoms with Crippen LogP contribution in [0.4, 0.5) is 0 Å². The molecule has 5 heteroatoms. The summed E-state index contributed by atoms with van der Waals surface area (Å²) in [5, 5.41) is 12.6. The molecule has 0 amide bonds. The Morgan fingerprint density at radius 3 is 1.60 bits per heavy atom. The molecule has 9 aromatic rings. The molecule has 5 nitrogen and oxygen atoms in total. The van der Waals surface area contributed by atoms with Crippen LogP contribution in [0, 0.1) is 0 Å². The number of aromatic nitrogens is 4. The van der Waals surface area contributed by atoms with Crippen molar-refractivity contribution in [2.45, 2.75) is 85.1 Å². The number of aromatic hydroxyl groups is 1. The Balaban J connectivity index is 1.34. The van der Waals surface area contributed by atoms with Gasteiger partial charge in [0, 0.05) is 29.1 Å². The second kappa shape index (κ2) is 16.8. The molecule has 3 aromatic heterocycles. The van der Waals surface area contributed by atoms with Gasteiger partial charge >= 0.3 is 0 Å². The van der Waals surface area contributed by atoms with Gasteiger partial charge in [-0.1, -0.05) is 178 Å². The molecule has 0 aliphatic heterocycles. The molecule has 0 spiro atoms. The smallest absolute Gasteiger partial charge is 0.145 e. The average molecular weight is 851 g/mol. The Morgan fingerprint density at radius 2 is 1.02 bits per heavy atom. The molecule has 9 rings (SSSR count). The summed E-state index contributed by atoms with van der Waals surface area (Å²) in [4.78, 5) is 15.7. The van der Waals surface area contributed by atoms with Crippen LogP contribution in [0.25, 0.3) is 78.3 Å². The van der Waals surface area contributed by atoms with Gasteiger partial charge in [-0.2, -0.15) is 0 Å². The molecule has 0 radical (unpaired) electrons. The molecule has 0 saturated carbocycles. The average Bonchev–Trinajstić information content (AvgIpc) is 3.66. The fourth-order valence-electron chi connectivity index (χ4n) is 8.87. The monoisotopic (exact) mass is 850 g/mol. The predicted octanol–water partition coefficient (Wildman–Crippen LogP) is 15.5.